The van der Waals surface area contributed by atoms with Crippen molar-refractivity contribution >= 4 is 5.91 Å². The van der Waals surface area contributed by atoms with Gasteiger partial charge in [0, 0.05) is 12.1 Å². The van der Waals surface area contributed by atoms with Gasteiger partial charge in [-0.1, -0.05) is 59.8 Å². The van der Waals surface area contributed by atoms with E-state index in [1.807, 2.05) is 62.4 Å². The Hall–Kier alpha value is -4.07. The Morgan fingerprint density at radius 3 is 2.60 bits per heavy atom. The van der Waals surface area contributed by atoms with E-state index < -0.39 is 5.41 Å². The van der Waals surface area contributed by atoms with Crippen LogP contribution in [0.1, 0.15) is 36.5 Å². The molecule has 0 aliphatic carbocycles. The summed E-state index contributed by atoms with van der Waals surface area (Å²) in [5.41, 5.74) is 4.57. The molecule has 0 unspecified atom stereocenters. The van der Waals surface area contributed by atoms with Crippen LogP contribution in [0.25, 0.3) is 11.1 Å². The zero-order valence-corrected chi connectivity index (χ0v) is 20.3. The van der Waals surface area contributed by atoms with E-state index in [-0.39, 0.29) is 12.3 Å². The molecule has 0 saturated carbocycles. The third-order valence-corrected chi connectivity index (χ3v) is 5.87. The van der Waals surface area contributed by atoms with Crippen molar-refractivity contribution in [1.82, 2.24) is 30.9 Å². The van der Waals surface area contributed by atoms with Crippen LogP contribution in [0, 0.1) is 6.92 Å². The summed E-state index contributed by atoms with van der Waals surface area (Å²) < 4.78 is 6.18. The zero-order valence-electron chi connectivity index (χ0n) is 20.3. The quantitative estimate of drug-likeness (QED) is 0.365. The molecule has 1 amide bonds. The number of amides is 1. The summed E-state index contributed by atoms with van der Waals surface area (Å²) >= 11 is 0. The average Bonchev–Trinajstić information content (AvgIpc) is 3.41. The fraction of sp³-hybridized carbons (Fsp3) is 0.296. The second-order valence-corrected chi connectivity index (χ2v) is 9.15. The molecule has 0 aliphatic heterocycles. The number of benzene rings is 2. The molecule has 4 rings (SSSR count). The SMILES string of the molecule is Cc1ccccc1CCNC(=O)Cc1cc(-c2ccccc2)c(OCC(C)(C)c2nn[nH]n2)cn1. The summed E-state index contributed by atoms with van der Waals surface area (Å²) in [7, 11) is 0. The Morgan fingerprint density at radius 2 is 1.86 bits per heavy atom. The fourth-order valence-corrected chi connectivity index (χ4v) is 3.77. The molecule has 4 aromatic rings. The molecule has 0 radical (unpaired) electrons. The summed E-state index contributed by atoms with van der Waals surface area (Å²) in [6.45, 7) is 6.99. The predicted octanol–water partition coefficient (Wildman–Crippen LogP) is 3.83. The number of hydrogen-bond donors (Lipinski definition) is 2. The van der Waals surface area contributed by atoms with Gasteiger partial charge in [0.2, 0.25) is 5.91 Å². The van der Waals surface area contributed by atoms with Crippen molar-refractivity contribution < 1.29 is 9.53 Å². The number of tetrazole rings is 1. The molecule has 0 saturated heterocycles. The molecule has 2 heterocycles. The number of nitrogens with zero attached hydrogens (tertiary/aromatic N) is 4. The van der Waals surface area contributed by atoms with E-state index in [1.54, 1.807) is 6.20 Å². The number of aromatic nitrogens is 5. The first-order valence-corrected chi connectivity index (χ1v) is 11.6. The van der Waals surface area contributed by atoms with Gasteiger partial charge in [0.1, 0.15) is 12.4 Å². The first-order chi connectivity index (χ1) is 16.9. The van der Waals surface area contributed by atoms with Crippen molar-refractivity contribution in [2.75, 3.05) is 13.2 Å². The Kier molecular flexibility index (Phi) is 7.50. The normalized spacial score (nSPS) is 11.3. The number of aryl methyl sites for hydroxylation is 1. The Morgan fingerprint density at radius 1 is 1.09 bits per heavy atom. The minimum Gasteiger partial charge on any atom is -0.490 e. The maximum absolute atomic E-state index is 12.6. The smallest absolute Gasteiger partial charge is 0.226 e. The standard InChI is InChI=1S/C27H30N6O2/c1-19-9-7-8-10-20(19)13-14-28-25(34)16-22-15-23(21-11-5-4-6-12-21)24(17-29-22)35-18-27(2,3)26-30-32-33-31-26/h4-12,15,17H,13-14,16,18H2,1-3H3,(H,28,34)(H,30,31,32,33). The average molecular weight is 471 g/mol. The molecule has 2 aromatic heterocycles. The van der Waals surface area contributed by atoms with Crippen LogP contribution in [0.3, 0.4) is 0 Å². The van der Waals surface area contributed by atoms with E-state index in [0.29, 0.717) is 30.4 Å². The van der Waals surface area contributed by atoms with Crippen molar-refractivity contribution in [3.63, 3.8) is 0 Å². The highest BCUT2D eigenvalue weighted by molar-refractivity contribution is 5.79. The third-order valence-electron chi connectivity index (χ3n) is 5.87. The molecule has 0 aliphatic rings. The van der Waals surface area contributed by atoms with Crippen molar-refractivity contribution in [2.24, 2.45) is 0 Å². The van der Waals surface area contributed by atoms with Crippen LogP contribution in [0.4, 0.5) is 0 Å². The number of nitrogens with one attached hydrogen (secondary N) is 2. The molecule has 0 bridgehead atoms. The molecule has 8 nitrogen and oxygen atoms in total. The van der Waals surface area contributed by atoms with E-state index in [4.69, 9.17) is 4.74 Å². The Bertz CT molecular complexity index is 1260. The largest absolute Gasteiger partial charge is 0.490 e. The van der Waals surface area contributed by atoms with Crippen LogP contribution in [0.15, 0.2) is 66.9 Å². The van der Waals surface area contributed by atoms with Gasteiger partial charge in [-0.2, -0.15) is 5.21 Å². The summed E-state index contributed by atoms with van der Waals surface area (Å²) in [6, 6.07) is 20.1. The number of hydrogen-bond acceptors (Lipinski definition) is 6. The summed E-state index contributed by atoms with van der Waals surface area (Å²) in [6.07, 6.45) is 2.68. The van der Waals surface area contributed by atoms with Crippen LogP contribution in [-0.4, -0.2) is 44.7 Å². The van der Waals surface area contributed by atoms with Crippen molar-refractivity contribution in [3.8, 4) is 16.9 Å². The van der Waals surface area contributed by atoms with Crippen molar-refractivity contribution in [2.45, 2.75) is 39.0 Å². The lowest BCUT2D eigenvalue weighted by atomic mass is 9.94. The lowest BCUT2D eigenvalue weighted by Crippen LogP contribution is -2.28. The van der Waals surface area contributed by atoms with Gasteiger partial charge >= 0.3 is 0 Å². The van der Waals surface area contributed by atoms with Crippen LogP contribution >= 0.6 is 0 Å². The van der Waals surface area contributed by atoms with Crippen LogP contribution < -0.4 is 10.1 Å². The maximum atomic E-state index is 12.6. The second kappa shape index (κ2) is 10.9. The lowest BCUT2D eigenvalue weighted by molar-refractivity contribution is -0.120. The van der Waals surface area contributed by atoms with Gasteiger partial charge in [0.15, 0.2) is 5.82 Å². The second-order valence-electron chi connectivity index (χ2n) is 9.15. The third kappa shape index (κ3) is 6.29. The molecular formula is C27H30N6O2. The van der Waals surface area contributed by atoms with Crippen LogP contribution in [-0.2, 0) is 23.1 Å². The highest BCUT2D eigenvalue weighted by atomic mass is 16.5. The number of H-pyrrole nitrogens is 1. The number of carbonyl (C=O) groups is 1. The number of pyridine rings is 1. The van der Waals surface area contributed by atoms with Gasteiger partial charge in [0.05, 0.1) is 23.7 Å². The van der Waals surface area contributed by atoms with E-state index in [2.05, 4.69) is 50.0 Å². The summed E-state index contributed by atoms with van der Waals surface area (Å²) in [4.78, 5) is 17.1. The Labute approximate surface area is 205 Å². The van der Waals surface area contributed by atoms with Crippen LogP contribution in [0.2, 0.25) is 0 Å². The van der Waals surface area contributed by atoms with Gasteiger partial charge < -0.3 is 10.1 Å². The van der Waals surface area contributed by atoms with Crippen molar-refractivity contribution in [1.29, 1.82) is 0 Å². The number of aromatic amines is 1. The van der Waals surface area contributed by atoms with Gasteiger partial charge in [-0.05, 0) is 49.9 Å². The Balaban J connectivity index is 1.45. The minimum absolute atomic E-state index is 0.0583. The minimum atomic E-state index is -0.448. The summed E-state index contributed by atoms with van der Waals surface area (Å²) in [5.74, 6) is 1.15. The van der Waals surface area contributed by atoms with E-state index >= 15 is 0 Å². The zero-order chi connectivity index (χ0) is 24.7. The number of rotatable bonds is 10. The number of ether oxygens (including phenoxy) is 1. The van der Waals surface area contributed by atoms with Gasteiger partial charge in [-0.25, -0.2) is 0 Å². The summed E-state index contributed by atoms with van der Waals surface area (Å²) in [5, 5.41) is 17.3. The molecule has 8 heteroatoms. The molecule has 35 heavy (non-hydrogen) atoms. The maximum Gasteiger partial charge on any atom is 0.226 e. The molecule has 180 valence electrons. The molecule has 0 fully saturated rings. The molecular weight excluding hydrogens is 440 g/mol. The molecule has 2 N–H and O–H groups in total. The van der Waals surface area contributed by atoms with E-state index in [0.717, 1.165) is 17.5 Å². The molecule has 0 atom stereocenters. The highest BCUT2D eigenvalue weighted by Gasteiger charge is 2.27. The highest BCUT2D eigenvalue weighted by Crippen LogP contribution is 2.31. The van der Waals surface area contributed by atoms with Gasteiger partial charge in [-0.3, -0.25) is 9.78 Å². The first kappa shape index (κ1) is 24.1. The topological polar surface area (TPSA) is 106 Å². The first-order valence-electron chi connectivity index (χ1n) is 11.6. The van der Waals surface area contributed by atoms with Gasteiger partial charge in [-0.15, -0.1) is 10.2 Å². The van der Waals surface area contributed by atoms with Gasteiger partial charge in [0.25, 0.3) is 0 Å². The fourth-order valence-electron chi connectivity index (χ4n) is 3.77. The monoisotopic (exact) mass is 470 g/mol. The predicted molar refractivity (Wildman–Crippen MR) is 134 cm³/mol. The molecule has 2 aromatic carbocycles. The van der Waals surface area contributed by atoms with Crippen molar-refractivity contribution in [3.05, 3.63) is 89.5 Å². The molecule has 0 spiro atoms. The van der Waals surface area contributed by atoms with Crippen LogP contribution in [0.5, 0.6) is 5.75 Å². The lowest BCUT2D eigenvalue weighted by Gasteiger charge is -2.22. The van der Waals surface area contributed by atoms with E-state index in [9.17, 15) is 4.79 Å². The van der Waals surface area contributed by atoms with E-state index in [1.165, 1.54) is 11.1 Å². The number of carbonyl (C=O) groups excluding carboxylic acids is 1.